The average molecular weight is 293 g/mol. The van der Waals surface area contributed by atoms with E-state index in [-0.39, 0.29) is 6.10 Å². The van der Waals surface area contributed by atoms with Crippen LogP contribution in [0, 0.1) is 17.8 Å². The second-order valence-corrected chi connectivity index (χ2v) is 8.01. The van der Waals surface area contributed by atoms with Crippen molar-refractivity contribution >= 4 is 0 Å². The first-order valence-electron chi connectivity index (χ1n) is 9.74. The minimum absolute atomic E-state index is 0.000983. The Bertz CT molecular complexity index is 286. The number of rotatable bonds is 4. The molecular weight excluding hydrogens is 258 g/mol. The zero-order chi connectivity index (χ0) is 14.5. The van der Waals surface area contributed by atoms with Gasteiger partial charge in [0, 0.05) is 6.04 Å². The van der Waals surface area contributed by atoms with Crippen LogP contribution in [0.1, 0.15) is 83.5 Å². The summed E-state index contributed by atoms with van der Waals surface area (Å²) in [5.74, 6) is 2.83. The molecule has 2 aliphatic carbocycles. The fourth-order valence-corrected chi connectivity index (χ4v) is 5.32. The molecule has 3 fully saturated rings. The van der Waals surface area contributed by atoms with Crippen LogP contribution >= 0.6 is 0 Å². The highest BCUT2D eigenvalue weighted by Crippen LogP contribution is 2.42. The van der Waals surface area contributed by atoms with Gasteiger partial charge >= 0.3 is 0 Å². The third kappa shape index (κ3) is 4.45. The molecule has 21 heavy (non-hydrogen) atoms. The standard InChI is InChI=1S/C19H35NO/c21-18-11-9-16(10-12-18)19(15-6-2-1-3-7-15)14-17-8-4-5-13-20-17/h15-21H,1-14H2/t16?,17-,18?,19-/m1/s1. The second-order valence-electron chi connectivity index (χ2n) is 8.01. The van der Waals surface area contributed by atoms with E-state index < -0.39 is 0 Å². The fourth-order valence-electron chi connectivity index (χ4n) is 5.32. The molecule has 3 aliphatic rings. The summed E-state index contributed by atoms with van der Waals surface area (Å²) in [5, 5.41) is 13.6. The minimum Gasteiger partial charge on any atom is -0.393 e. The monoisotopic (exact) mass is 293 g/mol. The molecule has 0 bridgehead atoms. The van der Waals surface area contributed by atoms with Crippen molar-refractivity contribution < 1.29 is 5.11 Å². The van der Waals surface area contributed by atoms with Crippen molar-refractivity contribution in [2.45, 2.75) is 95.6 Å². The molecule has 0 aromatic carbocycles. The van der Waals surface area contributed by atoms with Crippen LogP contribution in [0.2, 0.25) is 0 Å². The van der Waals surface area contributed by atoms with E-state index in [0.29, 0.717) is 0 Å². The molecule has 2 atom stereocenters. The number of hydrogen-bond acceptors (Lipinski definition) is 2. The van der Waals surface area contributed by atoms with E-state index in [1.165, 1.54) is 77.2 Å². The van der Waals surface area contributed by atoms with Crippen LogP contribution in [0.5, 0.6) is 0 Å². The molecular formula is C19H35NO. The molecule has 0 spiro atoms. The molecule has 0 amide bonds. The highest BCUT2D eigenvalue weighted by Gasteiger charge is 2.34. The molecule has 122 valence electrons. The molecule has 0 radical (unpaired) electrons. The minimum atomic E-state index is 0.000983. The first-order valence-corrected chi connectivity index (χ1v) is 9.74. The molecule has 0 unspecified atom stereocenters. The Morgan fingerprint density at radius 1 is 0.762 bits per heavy atom. The van der Waals surface area contributed by atoms with Crippen molar-refractivity contribution in [2.75, 3.05) is 6.54 Å². The maximum Gasteiger partial charge on any atom is 0.0540 e. The van der Waals surface area contributed by atoms with E-state index in [1.807, 2.05) is 0 Å². The quantitative estimate of drug-likeness (QED) is 0.811. The van der Waals surface area contributed by atoms with Gasteiger partial charge in [-0.05, 0) is 69.2 Å². The first-order chi connectivity index (χ1) is 10.3. The molecule has 2 heteroatoms. The van der Waals surface area contributed by atoms with Crippen LogP contribution < -0.4 is 5.32 Å². The van der Waals surface area contributed by atoms with Gasteiger partial charge in [0.15, 0.2) is 0 Å². The van der Waals surface area contributed by atoms with Gasteiger partial charge < -0.3 is 10.4 Å². The summed E-state index contributed by atoms with van der Waals surface area (Å²) in [6.07, 6.45) is 17.7. The van der Waals surface area contributed by atoms with Crippen LogP contribution in [-0.4, -0.2) is 23.8 Å². The highest BCUT2D eigenvalue weighted by molar-refractivity contribution is 4.87. The first kappa shape index (κ1) is 15.8. The van der Waals surface area contributed by atoms with Crippen LogP contribution in [0.4, 0.5) is 0 Å². The van der Waals surface area contributed by atoms with Gasteiger partial charge in [0.25, 0.3) is 0 Å². The summed E-state index contributed by atoms with van der Waals surface area (Å²) in [5.41, 5.74) is 0. The van der Waals surface area contributed by atoms with Gasteiger partial charge in [-0.25, -0.2) is 0 Å². The predicted molar refractivity (Wildman–Crippen MR) is 88.3 cm³/mol. The molecule has 2 saturated carbocycles. The zero-order valence-corrected chi connectivity index (χ0v) is 13.7. The topological polar surface area (TPSA) is 32.3 Å². The van der Waals surface area contributed by atoms with E-state index in [9.17, 15) is 5.11 Å². The van der Waals surface area contributed by atoms with Crippen LogP contribution in [0.3, 0.4) is 0 Å². The van der Waals surface area contributed by atoms with Crippen molar-refractivity contribution in [2.24, 2.45) is 17.8 Å². The van der Waals surface area contributed by atoms with Gasteiger partial charge in [-0.1, -0.05) is 38.5 Å². The third-order valence-electron chi connectivity index (χ3n) is 6.57. The summed E-state index contributed by atoms with van der Waals surface area (Å²) in [4.78, 5) is 0. The number of aliphatic hydroxyl groups is 1. The number of aliphatic hydroxyl groups excluding tert-OH is 1. The van der Waals surface area contributed by atoms with Crippen molar-refractivity contribution in [3.63, 3.8) is 0 Å². The molecule has 2 N–H and O–H groups in total. The Morgan fingerprint density at radius 2 is 1.43 bits per heavy atom. The Kier molecular flexibility index (Phi) is 5.99. The summed E-state index contributed by atoms with van der Waals surface area (Å²) in [7, 11) is 0. The van der Waals surface area contributed by atoms with Crippen molar-refractivity contribution in [1.82, 2.24) is 5.32 Å². The number of hydrogen-bond donors (Lipinski definition) is 2. The van der Waals surface area contributed by atoms with Crippen molar-refractivity contribution in [3.8, 4) is 0 Å². The maximum atomic E-state index is 9.83. The highest BCUT2D eigenvalue weighted by atomic mass is 16.3. The summed E-state index contributed by atoms with van der Waals surface area (Å²) in [6.45, 7) is 1.24. The number of nitrogens with one attached hydrogen (secondary N) is 1. The SMILES string of the molecule is OC1CCC([C@H](C[C@H]2CCCCN2)C2CCCCC2)CC1. The zero-order valence-electron chi connectivity index (χ0n) is 13.7. The smallest absolute Gasteiger partial charge is 0.0540 e. The Balaban J connectivity index is 1.61. The summed E-state index contributed by atoms with van der Waals surface area (Å²) < 4.78 is 0. The second kappa shape index (κ2) is 7.97. The molecule has 0 aromatic heterocycles. The van der Waals surface area contributed by atoms with E-state index in [4.69, 9.17) is 0 Å². The molecule has 1 aliphatic heterocycles. The molecule has 3 rings (SSSR count). The third-order valence-corrected chi connectivity index (χ3v) is 6.57. The van der Waals surface area contributed by atoms with Crippen molar-refractivity contribution in [1.29, 1.82) is 0 Å². The Hall–Kier alpha value is -0.0800. The normalized spacial score (nSPS) is 37.3. The molecule has 1 heterocycles. The molecule has 0 aromatic rings. The lowest BCUT2D eigenvalue weighted by molar-refractivity contribution is 0.0597. The van der Waals surface area contributed by atoms with E-state index in [2.05, 4.69) is 5.32 Å². The predicted octanol–water partition coefficient (Wildman–Crippen LogP) is 4.27. The maximum absolute atomic E-state index is 9.83. The van der Waals surface area contributed by atoms with E-state index in [0.717, 1.165) is 36.6 Å². The molecule has 1 saturated heterocycles. The fraction of sp³-hybridized carbons (Fsp3) is 1.00. The van der Waals surface area contributed by atoms with Crippen LogP contribution in [0.15, 0.2) is 0 Å². The Morgan fingerprint density at radius 3 is 2.10 bits per heavy atom. The van der Waals surface area contributed by atoms with Crippen molar-refractivity contribution in [3.05, 3.63) is 0 Å². The van der Waals surface area contributed by atoms with Gasteiger partial charge in [0.2, 0.25) is 0 Å². The van der Waals surface area contributed by atoms with E-state index in [1.54, 1.807) is 0 Å². The largest absolute Gasteiger partial charge is 0.393 e. The Labute approximate surface area is 131 Å². The lowest BCUT2D eigenvalue weighted by Gasteiger charge is -2.41. The summed E-state index contributed by atoms with van der Waals surface area (Å²) in [6, 6.07) is 0.789. The van der Waals surface area contributed by atoms with Crippen LogP contribution in [0.25, 0.3) is 0 Å². The van der Waals surface area contributed by atoms with Gasteiger partial charge in [-0.3, -0.25) is 0 Å². The molecule has 2 nitrogen and oxygen atoms in total. The van der Waals surface area contributed by atoms with Gasteiger partial charge in [0.1, 0.15) is 0 Å². The van der Waals surface area contributed by atoms with Gasteiger partial charge in [0.05, 0.1) is 6.10 Å². The van der Waals surface area contributed by atoms with Crippen LogP contribution in [-0.2, 0) is 0 Å². The van der Waals surface area contributed by atoms with E-state index >= 15 is 0 Å². The lowest BCUT2D eigenvalue weighted by Crippen LogP contribution is -2.39. The average Bonchev–Trinajstić information content (AvgIpc) is 2.55. The van der Waals surface area contributed by atoms with Gasteiger partial charge in [-0.15, -0.1) is 0 Å². The number of piperidine rings is 1. The van der Waals surface area contributed by atoms with Gasteiger partial charge in [-0.2, -0.15) is 0 Å². The lowest BCUT2D eigenvalue weighted by atomic mass is 9.67. The summed E-state index contributed by atoms with van der Waals surface area (Å²) >= 11 is 0.